The molecule has 1 heterocycles. The fraction of sp³-hybridized carbons (Fsp3) is 0.348. The van der Waals surface area contributed by atoms with Crippen LogP contribution in [0.3, 0.4) is 0 Å². The van der Waals surface area contributed by atoms with Crippen molar-refractivity contribution in [1.29, 1.82) is 0 Å². The van der Waals surface area contributed by atoms with Gasteiger partial charge in [0.1, 0.15) is 5.82 Å². The zero-order valence-electron chi connectivity index (χ0n) is 18.3. The second-order valence-electron chi connectivity index (χ2n) is 7.72. The summed E-state index contributed by atoms with van der Waals surface area (Å²) in [5.41, 5.74) is 1.44. The summed E-state index contributed by atoms with van der Waals surface area (Å²) in [6, 6.07) is 9.92. The molecule has 1 N–H and O–H groups in total. The summed E-state index contributed by atoms with van der Waals surface area (Å²) in [6.45, 7) is 2.38. The van der Waals surface area contributed by atoms with Crippen molar-refractivity contribution in [3.63, 3.8) is 0 Å². The molecule has 0 spiro atoms. The van der Waals surface area contributed by atoms with Crippen LogP contribution in [0.5, 0.6) is 0 Å². The molecule has 2 aromatic rings. The Morgan fingerprint density at radius 2 is 1.71 bits per heavy atom. The fourth-order valence-electron chi connectivity index (χ4n) is 3.35. The van der Waals surface area contributed by atoms with Gasteiger partial charge < -0.3 is 15.0 Å². The number of amides is 3. The van der Waals surface area contributed by atoms with E-state index in [4.69, 9.17) is 4.74 Å². The van der Waals surface area contributed by atoms with E-state index in [1.54, 1.807) is 17.9 Å². The third kappa shape index (κ3) is 6.31. The number of anilines is 1. The monoisotopic (exact) mass is 481 g/mol. The maximum atomic E-state index is 14.7. The number of hydrogen-bond donors (Lipinski definition) is 1. The van der Waals surface area contributed by atoms with Gasteiger partial charge in [-0.1, -0.05) is 30.3 Å². The Kier molecular flexibility index (Phi) is 7.87. The second-order valence-corrected chi connectivity index (χ2v) is 7.72. The number of carbonyl (C=O) groups is 3. The van der Waals surface area contributed by atoms with Crippen LogP contribution in [0.2, 0.25) is 0 Å². The summed E-state index contributed by atoms with van der Waals surface area (Å²) in [6.07, 6.45) is -5.08. The first-order chi connectivity index (χ1) is 16.1. The molecule has 0 saturated carbocycles. The van der Waals surface area contributed by atoms with E-state index in [1.807, 2.05) is 0 Å². The highest BCUT2D eigenvalue weighted by molar-refractivity contribution is 5.99. The number of hydrogen-bond acceptors (Lipinski definition) is 4. The van der Waals surface area contributed by atoms with Crippen molar-refractivity contribution in [2.75, 3.05) is 37.7 Å². The van der Waals surface area contributed by atoms with Crippen LogP contribution < -0.4 is 10.2 Å². The van der Waals surface area contributed by atoms with Gasteiger partial charge in [0.15, 0.2) is 5.78 Å². The van der Waals surface area contributed by atoms with Gasteiger partial charge in [0.25, 0.3) is 0 Å². The zero-order chi connectivity index (χ0) is 24.9. The Morgan fingerprint density at radius 1 is 1.06 bits per heavy atom. The molecule has 1 fully saturated rings. The summed E-state index contributed by atoms with van der Waals surface area (Å²) in [4.78, 5) is 39.0. The van der Waals surface area contributed by atoms with E-state index in [0.29, 0.717) is 37.4 Å². The lowest BCUT2D eigenvalue weighted by Gasteiger charge is -2.33. The van der Waals surface area contributed by atoms with Crippen molar-refractivity contribution in [2.45, 2.75) is 19.6 Å². The summed E-state index contributed by atoms with van der Waals surface area (Å²) < 4.78 is 56.8. The quantitative estimate of drug-likeness (QED) is 0.507. The topological polar surface area (TPSA) is 79.0 Å². The van der Waals surface area contributed by atoms with E-state index >= 15 is 0 Å². The highest BCUT2D eigenvalue weighted by Gasteiger charge is 2.38. The van der Waals surface area contributed by atoms with Crippen molar-refractivity contribution >= 4 is 23.4 Å². The number of benzene rings is 2. The fourth-order valence-corrected chi connectivity index (χ4v) is 3.35. The lowest BCUT2D eigenvalue weighted by Crippen LogP contribution is -2.48. The van der Waals surface area contributed by atoms with Crippen molar-refractivity contribution in [3.05, 3.63) is 65.0 Å². The third-order valence-electron chi connectivity index (χ3n) is 5.19. The molecule has 0 aromatic heterocycles. The minimum absolute atomic E-state index is 0.00451. The minimum atomic E-state index is -5.08. The maximum Gasteiger partial charge on any atom is 0.471 e. The van der Waals surface area contributed by atoms with Gasteiger partial charge in [-0.2, -0.15) is 13.2 Å². The Hall–Kier alpha value is -3.47. The molecule has 2 aromatic carbocycles. The Labute approximate surface area is 193 Å². The van der Waals surface area contributed by atoms with Crippen molar-refractivity contribution in [2.24, 2.45) is 0 Å². The van der Waals surface area contributed by atoms with Crippen LogP contribution in [0.1, 0.15) is 21.5 Å². The average Bonchev–Trinajstić information content (AvgIpc) is 2.81. The van der Waals surface area contributed by atoms with Gasteiger partial charge >= 0.3 is 18.1 Å². The number of morpholine rings is 1. The lowest BCUT2D eigenvalue weighted by molar-refractivity contribution is -0.173. The number of Topliss-reactive ketones (excluding diaryl/α,β-unsaturated/α-hetero) is 1. The van der Waals surface area contributed by atoms with E-state index in [1.165, 1.54) is 46.6 Å². The summed E-state index contributed by atoms with van der Waals surface area (Å²) in [5, 5.41) is 1.53. The van der Waals surface area contributed by atoms with E-state index in [0.717, 1.165) is 0 Å². The van der Waals surface area contributed by atoms with E-state index in [9.17, 15) is 31.9 Å². The molecular weight excluding hydrogens is 458 g/mol. The molecule has 0 atom stereocenters. The molecule has 0 aliphatic carbocycles. The Bertz CT molecular complexity index is 1050. The molecule has 182 valence electrons. The van der Waals surface area contributed by atoms with Gasteiger partial charge in [-0.3, -0.25) is 14.5 Å². The number of halogens is 4. The molecule has 3 amide bonds. The summed E-state index contributed by atoms with van der Waals surface area (Å²) >= 11 is 0. The van der Waals surface area contributed by atoms with Gasteiger partial charge in [-0.15, -0.1) is 0 Å². The Balaban J connectivity index is 1.76. The van der Waals surface area contributed by atoms with Gasteiger partial charge in [0.2, 0.25) is 0 Å². The number of rotatable bonds is 6. The van der Waals surface area contributed by atoms with E-state index in [2.05, 4.69) is 0 Å². The number of ether oxygens (including phenoxy) is 1. The molecule has 0 radical (unpaired) electrons. The largest absolute Gasteiger partial charge is 0.471 e. The number of nitrogens with one attached hydrogen (secondary N) is 1. The van der Waals surface area contributed by atoms with Crippen LogP contribution in [0.4, 0.5) is 28.0 Å². The van der Waals surface area contributed by atoms with Gasteiger partial charge in [-0.25, -0.2) is 9.18 Å². The summed E-state index contributed by atoms with van der Waals surface area (Å²) in [5.74, 6) is -3.47. The minimum Gasteiger partial charge on any atom is -0.378 e. The number of aryl methyl sites for hydroxylation is 1. The van der Waals surface area contributed by atoms with Crippen LogP contribution in [0.15, 0.2) is 42.5 Å². The van der Waals surface area contributed by atoms with Gasteiger partial charge in [0.05, 0.1) is 32.0 Å². The Morgan fingerprint density at radius 3 is 2.29 bits per heavy atom. The molecule has 0 bridgehead atoms. The number of carbonyl (C=O) groups excluding carboxylic acids is 3. The third-order valence-corrected chi connectivity index (χ3v) is 5.19. The highest BCUT2D eigenvalue weighted by atomic mass is 19.4. The lowest BCUT2D eigenvalue weighted by atomic mass is 10.1. The first-order valence-corrected chi connectivity index (χ1v) is 10.4. The van der Waals surface area contributed by atoms with Crippen LogP contribution in [-0.4, -0.2) is 61.6 Å². The van der Waals surface area contributed by atoms with E-state index in [-0.39, 0.29) is 17.8 Å². The highest BCUT2D eigenvalue weighted by Crippen LogP contribution is 2.24. The molecule has 34 heavy (non-hydrogen) atoms. The van der Waals surface area contributed by atoms with Crippen molar-refractivity contribution in [1.82, 2.24) is 10.2 Å². The maximum absolute atomic E-state index is 14.7. The molecule has 1 aliphatic rings. The molecular formula is C23H23F4N3O4. The van der Waals surface area contributed by atoms with Crippen LogP contribution in [0.25, 0.3) is 0 Å². The molecule has 0 unspecified atom stereocenters. The van der Waals surface area contributed by atoms with Crippen LogP contribution in [-0.2, 0) is 16.1 Å². The molecule has 1 saturated heterocycles. The predicted octanol–water partition coefficient (Wildman–Crippen LogP) is 3.45. The molecule has 11 heteroatoms. The molecule has 1 aliphatic heterocycles. The normalized spacial score (nSPS) is 14.0. The standard InChI is InChI=1S/C23H23F4N3O4/c1-15-2-7-19(18(24)12-15)30(22(33)29-8-10-34-11-9-29)14-16-3-5-17(6-4-16)20(31)13-28-21(32)23(25,26)27/h2-7,12H,8-11,13-14H2,1H3,(H,28,32). The molecule has 7 nitrogen and oxygen atoms in total. The van der Waals surface area contributed by atoms with Crippen molar-refractivity contribution in [3.8, 4) is 0 Å². The second kappa shape index (κ2) is 10.6. The number of ketones is 1. The SMILES string of the molecule is Cc1ccc(N(Cc2ccc(C(=O)CNC(=O)C(F)(F)F)cc2)C(=O)N2CCOCC2)c(F)c1. The zero-order valence-corrected chi connectivity index (χ0v) is 18.3. The predicted molar refractivity (Wildman–Crippen MR) is 115 cm³/mol. The smallest absolute Gasteiger partial charge is 0.378 e. The van der Waals surface area contributed by atoms with Crippen molar-refractivity contribution < 1.29 is 36.7 Å². The first-order valence-electron chi connectivity index (χ1n) is 10.4. The van der Waals surface area contributed by atoms with Crippen LogP contribution >= 0.6 is 0 Å². The van der Waals surface area contributed by atoms with Crippen LogP contribution in [0, 0.1) is 12.7 Å². The first kappa shape index (κ1) is 25.2. The number of alkyl halides is 3. The van der Waals surface area contributed by atoms with Gasteiger partial charge in [-0.05, 0) is 30.2 Å². The average molecular weight is 481 g/mol. The molecule has 3 rings (SSSR count). The summed E-state index contributed by atoms with van der Waals surface area (Å²) in [7, 11) is 0. The van der Waals surface area contributed by atoms with Gasteiger partial charge in [0, 0.05) is 18.7 Å². The van der Waals surface area contributed by atoms with E-state index < -0.39 is 36.3 Å². The number of nitrogens with zero attached hydrogens (tertiary/aromatic N) is 2. The number of urea groups is 1.